The van der Waals surface area contributed by atoms with Crippen molar-refractivity contribution in [3.05, 3.63) is 63.5 Å². The molecule has 2 aromatic carbocycles. The van der Waals surface area contributed by atoms with Crippen LogP contribution in [0.1, 0.15) is 24.0 Å². The summed E-state index contributed by atoms with van der Waals surface area (Å²) in [5.74, 6) is 0.402. The number of carbonyl (C=O) groups excluding carboxylic acids is 2. The van der Waals surface area contributed by atoms with Gasteiger partial charge in [-0.25, -0.2) is 0 Å². The lowest BCUT2D eigenvalue weighted by atomic mass is 10.1. The quantitative estimate of drug-likeness (QED) is 0.614. The molecule has 2 heterocycles. The fraction of sp³-hybridized carbons (Fsp3) is 0.273. The molecule has 2 aliphatic rings. The zero-order valence-corrected chi connectivity index (χ0v) is 17.6. The first-order chi connectivity index (χ1) is 14.0. The minimum atomic E-state index is -0.291. The van der Waals surface area contributed by atoms with Gasteiger partial charge in [0.2, 0.25) is 0 Å². The topological polar surface area (TPSA) is 49.9 Å². The molecule has 7 heteroatoms. The third-order valence-electron chi connectivity index (χ3n) is 5.10. The first-order valence-corrected chi connectivity index (χ1v) is 10.7. The van der Waals surface area contributed by atoms with E-state index in [1.807, 2.05) is 30.3 Å². The molecule has 0 aliphatic carbocycles. The maximum Gasteiger partial charge on any atom is 0.293 e. The molecule has 2 aliphatic heterocycles. The molecule has 29 heavy (non-hydrogen) atoms. The molecule has 0 N–H and O–H groups in total. The van der Waals surface area contributed by atoms with Gasteiger partial charge < -0.3 is 9.64 Å². The zero-order chi connectivity index (χ0) is 20.4. The molecule has 0 atom stereocenters. The van der Waals surface area contributed by atoms with Crippen LogP contribution in [0, 0.1) is 0 Å². The van der Waals surface area contributed by atoms with Crippen molar-refractivity contribution < 1.29 is 14.3 Å². The smallest absolute Gasteiger partial charge is 0.293 e. The molecular formula is C22H21ClN2O3S. The Morgan fingerprint density at radius 2 is 1.83 bits per heavy atom. The number of halogens is 1. The second kappa shape index (κ2) is 8.51. The van der Waals surface area contributed by atoms with Crippen molar-refractivity contribution in [2.45, 2.75) is 19.4 Å². The molecule has 2 saturated heterocycles. The van der Waals surface area contributed by atoms with Gasteiger partial charge in [0.25, 0.3) is 11.1 Å². The zero-order valence-electron chi connectivity index (χ0n) is 16.1. The molecule has 4 rings (SSSR count). The van der Waals surface area contributed by atoms with Crippen LogP contribution in [0.2, 0.25) is 5.02 Å². The number of rotatable bonds is 5. The Morgan fingerprint density at radius 1 is 1.10 bits per heavy atom. The van der Waals surface area contributed by atoms with Gasteiger partial charge in [-0.3, -0.25) is 14.5 Å². The monoisotopic (exact) mass is 428 g/mol. The second-order valence-corrected chi connectivity index (χ2v) is 8.44. The average molecular weight is 429 g/mol. The van der Waals surface area contributed by atoms with Gasteiger partial charge in [-0.1, -0.05) is 23.7 Å². The summed E-state index contributed by atoms with van der Waals surface area (Å²) in [4.78, 5) is 29.2. The summed E-state index contributed by atoms with van der Waals surface area (Å²) in [6.07, 6.45) is 4.13. The van der Waals surface area contributed by atoms with E-state index in [0.717, 1.165) is 41.7 Å². The number of ether oxygens (including phenoxy) is 1. The standard InChI is InChI=1S/C22H21ClN2O3S/c1-28-19-13-18(24-10-2-3-11-24)9-6-16(19)12-20-21(26)25(22(27)29-20)14-15-4-7-17(23)8-5-15/h4-9,12-13H,2-3,10-11,14H2,1H3. The summed E-state index contributed by atoms with van der Waals surface area (Å²) in [5, 5.41) is 0.344. The minimum absolute atomic E-state index is 0.226. The Labute approximate surface area is 179 Å². The normalized spacial score (nSPS) is 18.2. The third kappa shape index (κ3) is 4.28. The highest BCUT2D eigenvalue weighted by Gasteiger charge is 2.35. The van der Waals surface area contributed by atoms with Crippen molar-refractivity contribution in [3.8, 4) is 5.75 Å². The molecule has 2 fully saturated rings. The van der Waals surface area contributed by atoms with Gasteiger partial charge in [0, 0.05) is 35.4 Å². The number of carbonyl (C=O) groups is 2. The van der Waals surface area contributed by atoms with E-state index in [9.17, 15) is 9.59 Å². The van der Waals surface area contributed by atoms with Gasteiger partial charge in [-0.05, 0) is 60.5 Å². The Morgan fingerprint density at radius 3 is 2.52 bits per heavy atom. The molecule has 0 saturated carbocycles. The number of methoxy groups -OCH3 is 1. The van der Waals surface area contributed by atoms with Crippen molar-refractivity contribution >= 4 is 46.3 Å². The molecule has 0 spiro atoms. The van der Waals surface area contributed by atoms with Gasteiger partial charge >= 0.3 is 0 Å². The van der Waals surface area contributed by atoms with Gasteiger partial charge in [-0.15, -0.1) is 0 Å². The summed E-state index contributed by atoms with van der Waals surface area (Å²) in [6.45, 7) is 2.32. The van der Waals surface area contributed by atoms with Crippen molar-refractivity contribution in [1.82, 2.24) is 4.90 Å². The summed E-state index contributed by atoms with van der Waals surface area (Å²) in [5.41, 5.74) is 2.75. The number of benzene rings is 2. The van der Waals surface area contributed by atoms with Crippen LogP contribution in [0.3, 0.4) is 0 Å². The number of imide groups is 1. The summed E-state index contributed by atoms with van der Waals surface area (Å²) in [6, 6.07) is 13.1. The van der Waals surface area contributed by atoms with Crippen LogP contribution in [0.5, 0.6) is 5.75 Å². The molecule has 0 radical (unpaired) electrons. The summed E-state index contributed by atoms with van der Waals surface area (Å²) < 4.78 is 5.55. The van der Waals surface area contributed by atoms with Crippen LogP contribution < -0.4 is 9.64 Å². The SMILES string of the molecule is COc1cc(N2CCCC2)ccc1C=C1SC(=O)N(Cc2ccc(Cl)cc2)C1=O. The number of hydrogen-bond acceptors (Lipinski definition) is 5. The van der Waals surface area contributed by atoms with Crippen molar-refractivity contribution in [2.75, 3.05) is 25.1 Å². The van der Waals surface area contributed by atoms with E-state index in [0.29, 0.717) is 15.7 Å². The Kier molecular flexibility index (Phi) is 5.83. The molecule has 2 aromatic rings. The largest absolute Gasteiger partial charge is 0.496 e. The number of anilines is 1. The van der Waals surface area contributed by atoms with E-state index in [1.165, 1.54) is 17.7 Å². The van der Waals surface area contributed by atoms with E-state index in [-0.39, 0.29) is 17.7 Å². The number of thioether (sulfide) groups is 1. The maximum absolute atomic E-state index is 12.8. The van der Waals surface area contributed by atoms with E-state index in [2.05, 4.69) is 4.90 Å². The molecule has 0 aromatic heterocycles. The first-order valence-electron chi connectivity index (χ1n) is 9.48. The Bertz CT molecular complexity index is 969. The van der Waals surface area contributed by atoms with Crippen molar-refractivity contribution in [3.63, 3.8) is 0 Å². The predicted molar refractivity (Wildman–Crippen MR) is 117 cm³/mol. The highest BCUT2D eigenvalue weighted by Crippen LogP contribution is 2.36. The van der Waals surface area contributed by atoms with Gasteiger partial charge in [0.1, 0.15) is 5.75 Å². The third-order valence-corrected chi connectivity index (χ3v) is 6.26. The lowest BCUT2D eigenvalue weighted by Gasteiger charge is -2.19. The lowest BCUT2D eigenvalue weighted by Crippen LogP contribution is -2.27. The Balaban J connectivity index is 1.55. The van der Waals surface area contributed by atoms with E-state index < -0.39 is 0 Å². The fourth-order valence-corrected chi connectivity index (χ4v) is 4.50. The van der Waals surface area contributed by atoms with E-state index in [1.54, 1.807) is 25.3 Å². The average Bonchev–Trinajstić information content (AvgIpc) is 3.35. The van der Waals surface area contributed by atoms with Crippen LogP contribution in [0.4, 0.5) is 10.5 Å². The number of nitrogens with zero attached hydrogens (tertiary/aromatic N) is 2. The molecular weight excluding hydrogens is 408 g/mol. The van der Waals surface area contributed by atoms with Crippen LogP contribution in [-0.4, -0.2) is 36.2 Å². The molecule has 0 bridgehead atoms. The van der Waals surface area contributed by atoms with Crippen LogP contribution in [0.25, 0.3) is 6.08 Å². The first kappa shape index (κ1) is 19.9. The van der Waals surface area contributed by atoms with Crippen molar-refractivity contribution in [1.29, 1.82) is 0 Å². The van der Waals surface area contributed by atoms with Crippen molar-refractivity contribution in [2.24, 2.45) is 0 Å². The highest BCUT2D eigenvalue weighted by molar-refractivity contribution is 8.18. The second-order valence-electron chi connectivity index (χ2n) is 7.01. The highest BCUT2D eigenvalue weighted by atomic mass is 35.5. The predicted octanol–water partition coefficient (Wildman–Crippen LogP) is 5.19. The van der Waals surface area contributed by atoms with Gasteiger partial charge in [0.15, 0.2) is 0 Å². The Hall–Kier alpha value is -2.44. The molecule has 150 valence electrons. The maximum atomic E-state index is 12.8. The van der Waals surface area contributed by atoms with Crippen LogP contribution in [0.15, 0.2) is 47.4 Å². The van der Waals surface area contributed by atoms with Gasteiger partial charge in [-0.2, -0.15) is 0 Å². The summed E-state index contributed by atoms with van der Waals surface area (Å²) >= 11 is 6.86. The lowest BCUT2D eigenvalue weighted by molar-refractivity contribution is -0.123. The van der Waals surface area contributed by atoms with E-state index in [4.69, 9.17) is 16.3 Å². The fourth-order valence-electron chi connectivity index (χ4n) is 3.54. The van der Waals surface area contributed by atoms with Crippen LogP contribution >= 0.6 is 23.4 Å². The molecule has 5 nitrogen and oxygen atoms in total. The van der Waals surface area contributed by atoms with E-state index >= 15 is 0 Å². The number of amides is 2. The summed E-state index contributed by atoms with van der Waals surface area (Å²) in [7, 11) is 1.62. The molecule has 2 amide bonds. The number of hydrogen-bond donors (Lipinski definition) is 0. The minimum Gasteiger partial charge on any atom is -0.496 e. The molecule has 0 unspecified atom stereocenters. The van der Waals surface area contributed by atoms with Crippen LogP contribution in [-0.2, 0) is 11.3 Å². The van der Waals surface area contributed by atoms with Gasteiger partial charge in [0.05, 0.1) is 18.6 Å².